The van der Waals surface area contributed by atoms with E-state index in [0.29, 0.717) is 12.1 Å². The topological polar surface area (TPSA) is 88.2 Å². The zero-order chi connectivity index (χ0) is 17.7. The van der Waals surface area contributed by atoms with Crippen molar-refractivity contribution in [3.63, 3.8) is 0 Å². The molecule has 25 heavy (non-hydrogen) atoms. The van der Waals surface area contributed by atoms with Gasteiger partial charge in [-0.25, -0.2) is 13.1 Å². The van der Waals surface area contributed by atoms with Crippen molar-refractivity contribution in [1.29, 1.82) is 0 Å². The van der Waals surface area contributed by atoms with Gasteiger partial charge in [0.05, 0.1) is 17.1 Å². The van der Waals surface area contributed by atoms with Gasteiger partial charge in [0.2, 0.25) is 10.0 Å². The quantitative estimate of drug-likeness (QED) is 0.828. The third-order valence-electron chi connectivity index (χ3n) is 4.26. The standard InChI is InChI=1S/C18H21N3O3S/c22-18(20-13-16-7-3-4-12-19-16)14-8-10-17(11-9-14)25(23,24)21-15-5-1-2-6-15/h3-4,7-12,15,21H,1-2,5-6,13H2,(H,20,22). The summed E-state index contributed by atoms with van der Waals surface area (Å²) in [5, 5.41) is 2.77. The van der Waals surface area contributed by atoms with Gasteiger partial charge >= 0.3 is 0 Å². The molecule has 2 aromatic rings. The lowest BCUT2D eigenvalue weighted by molar-refractivity contribution is 0.0950. The molecule has 0 aliphatic heterocycles. The molecule has 1 heterocycles. The average molecular weight is 359 g/mol. The fourth-order valence-electron chi connectivity index (χ4n) is 2.89. The Balaban J connectivity index is 1.62. The van der Waals surface area contributed by atoms with Gasteiger partial charge in [-0.3, -0.25) is 9.78 Å². The van der Waals surface area contributed by atoms with E-state index in [9.17, 15) is 13.2 Å². The second-order valence-corrected chi connectivity index (χ2v) is 7.84. The molecule has 132 valence electrons. The second-order valence-electron chi connectivity index (χ2n) is 6.13. The van der Waals surface area contributed by atoms with Gasteiger partial charge in [0.25, 0.3) is 5.91 Å². The first-order valence-electron chi connectivity index (χ1n) is 8.35. The van der Waals surface area contributed by atoms with Gasteiger partial charge in [-0.05, 0) is 49.2 Å². The first kappa shape index (κ1) is 17.6. The minimum absolute atomic E-state index is 0.0198. The summed E-state index contributed by atoms with van der Waals surface area (Å²) in [5.74, 6) is -0.265. The Kier molecular flexibility index (Phi) is 5.45. The van der Waals surface area contributed by atoms with Crippen molar-refractivity contribution in [1.82, 2.24) is 15.0 Å². The van der Waals surface area contributed by atoms with Crippen LogP contribution in [-0.4, -0.2) is 25.4 Å². The van der Waals surface area contributed by atoms with Gasteiger partial charge in [-0.1, -0.05) is 18.9 Å². The molecule has 1 amide bonds. The number of carbonyl (C=O) groups excluding carboxylic acids is 1. The predicted octanol–water partition coefficient (Wildman–Crippen LogP) is 2.23. The summed E-state index contributed by atoms with van der Waals surface area (Å²) in [7, 11) is -3.53. The van der Waals surface area contributed by atoms with Crippen molar-refractivity contribution < 1.29 is 13.2 Å². The summed E-state index contributed by atoms with van der Waals surface area (Å²) in [6.07, 6.45) is 5.55. The Morgan fingerprint density at radius 3 is 2.44 bits per heavy atom. The van der Waals surface area contributed by atoms with Crippen LogP contribution in [0.25, 0.3) is 0 Å². The zero-order valence-electron chi connectivity index (χ0n) is 13.8. The van der Waals surface area contributed by atoms with E-state index in [0.717, 1.165) is 31.4 Å². The number of hydrogen-bond acceptors (Lipinski definition) is 4. The molecule has 0 radical (unpaired) electrons. The molecule has 0 spiro atoms. The number of aromatic nitrogens is 1. The Morgan fingerprint density at radius 2 is 1.80 bits per heavy atom. The number of nitrogens with zero attached hydrogens (tertiary/aromatic N) is 1. The molecular formula is C18H21N3O3S. The smallest absolute Gasteiger partial charge is 0.251 e. The zero-order valence-corrected chi connectivity index (χ0v) is 14.6. The van der Waals surface area contributed by atoms with Crippen LogP contribution >= 0.6 is 0 Å². The van der Waals surface area contributed by atoms with Gasteiger partial charge in [0.1, 0.15) is 0 Å². The number of sulfonamides is 1. The van der Waals surface area contributed by atoms with Gasteiger partial charge < -0.3 is 5.32 Å². The largest absolute Gasteiger partial charge is 0.346 e. The summed E-state index contributed by atoms with van der Waals surface area (Å²) in [4.78, 5) is 16.5. The minimum Gasteiger partial charge on any atom is -0.346 e. The molecule has 2 N–H and O–H groups in total. The van der Waals surface area contributed by atoms with E-state index >= 15 is 0 Å². The fraction of sp³-hybridized carbons (Fsp3) is 0.333. The minimum atomic E-state index is -3.53. The highest BCUT2D eigenvalue weighted by molar-refractivity contribution is 7.89. The van der Waals surface area contributed by atoms with E-state index in [1.807, 2.05) is 18.2 Å². The third kappa shape index (κ3) is 4.64. The number of nitrogens with one attached hydrogen (secondary N) is 2. The average Bonchev–Trinajstić information content (AvgIpc) is 3.13. The van der Waals surface area contributed by atoms with Crippen LogP contribution in [0.4, 0.5) is 0 Å². The lowest BCUT2D eigenvalue weighted by Crippen LogP contribution is -2.32. The first-order valence-corrected chi connectivity index (χ1v) is 9.83. The maximum atomic E-state index is 12.4. The Labute approximate surface area is 147 Å². The molecule has 1 aliphatic carbocycles. The molecule has 1 saturated carbocycles. The lowest BCUT2D eigenvalue weighted by Gasteiger charge is -2.12. The number of carbonyl (C=O) groups is 1. The molecule has 1 fully saturated rings. The fourth-order valence-corrected chi connectivity index (χ4v) is 4.20. The maximum absolute atomic E-state index is 12.4. The molecule has 0 bridgehead atoms. The Hall–Kier alpha value is -2.25. The normalized spacial score (nSPS) is 15.2. The van der Waals surface area contributed by atoms with Crippen LogP contribution in [0.1, 0.15) is 41.7 Å². The van der Waals surface area contributed by atoms with Crippen LogP contribution in [0.15, 0.2) is 53.6 Å². The van der Waals surface area contributed by atoms with E-state index in [-0.39, 0.29) is 16.8 Å². The third-order valence-corrected chi connectivity index (χ3v) is 5.80. The monoisotopic (exact) mass is 359 g/mol. The lowest BCUT2D eigenvalue weighted by atomic mass is 10.2. The number of benzene rings is 1. The van der Waals surface area contributed by atoms with Gasteiger partial charge in [-0.15, -0.1) is 0 Å². The van der Waals surface area contributed by atoms with Crippen LogP contribution in [-0.2, 0) is 16.6 Å². The number of pyridine rings is 1. The Morgan fingerprint density at radius 1 is 1.08 bits per heavy atom. The molecule has 7 heteroatoms. The molecular weight excluding hydrogens is 338 g/mol. The summed E-state index contributed by atoms with van der Waals surface area (Å²) in [6.45, 7) is 0.322. The molecule has 0 atom stereocenters. The predicted molar refractivity (Wildman–Crippen MR) is 94.4 cm³/mol. The van der Waals surface area contributed by atoms with Crippen LogP contribution in [0.5, 0.6) is 0 Å². The van der Waals surface area contributed by atoms with Gasteiger partial charge in [0.15, 0.2) is 0 Å². The summed E-state index contributed by atoms with van der Waals surface area (Å²) < 4.78 is 27.5. The second kappa shape index (κ2) is 7.76. The molecule has 0 saturated heterocycles. The van der Waals surface area contributed by atoms with Gasteiger partial charge in [0, 0.05) is 17.8 Å². The van der Waals surface area contributed by atoms with Crippen molar-refractivity contribution in [2.45, 2.75) is 43.2 Å². The number of hydrogen-bond donors (Lipinski definition) is 2. The van der Waals surface area contributed by atoms with Gasteiger partial charge in [-0.2, -0.15) is 0 Å². The van der Waals surface area contributed by atoms with Crippen molar-refractivity contribution >= 4 is 15.9 Å². The molecule has 6 nitrogen and oxygen atoms in total. The maximum Gasteiger partial charge on any atom is 0.251 e. The summed E-state index contributed by atoms with van der Waals surface area (Å²) in [5.41, 5.74) is 1.17. The molecule has 3 rings (SSSR count). The molecule has 1 aliphatic rings. The van der Waals surface area contributed by atoms with E-state index in [1.54, 1.807) is 6.20 Å². The molecule has 0 unspecified atom stereocenters. The van der Waals surface area contributed by atoms with E-state index < -0.39 is 10.0 Å². The van der Waals surface area contributed by atoms with Crippen LogP contribution < -0.4 is 10.0 Å². The van der Waals surface area contributed by atoms with E-state index in [2.05, 4.69) is 15.0 Å². The number of rotatable bonds is 6. The van der Waals surface area contributed by atoms with Crippen molar-refractivity contribution in [2.75, 3.05) is 0 Å². The highest BCUT2D eigenvalue weighted by Crippen LogP contribution is 2.20. The van der Waals surface area contributed by atoms with Crippen LogP contribution in [0.3, 0.4) is 0 Å². The van der Waals surface area contributed by atoms with Crippen molar-refractivity contribution in [2.24, 2.45) is 0 Å². The summed E-state index contributed by atoms with van der Waals surface area (Å²) >= 11 is 0. The van der Waals surface area contributed by atoms with Crippen LogP contribution in [0.2, 0.25) is 0 Å². The highest BCUT2D eigenvalue weighted by Gasteiger charge is 2.23. The molecule has 1 aromatic heterocycles. The SMILES string of the molecule is O=C(NCc1ccccn1)c1ccc(S(=O)(=O)NC2CCCC2)cc1. The highest BCUT2D eigenvalue weighted by atomic mass is 32.2. The van der Waals surface area contributed by atoms with E-state index in [4.69, 9.17) is 0 Å². The first-order chi connectivity index (χ1) is 12.0. The summed E-state index contributed by atoms with van der Waals surface area (Å²) in [6, 6.07) is 11.5. The van der Waals surface area contributed by atoms with Crippen molar-refractivity contribution in [3.05, 3.63) is 59.9 Å². The van der Waals surface area contributed by atoms with Crippen molar-refractivity contribution in [3.8, 4) is 0 Å². The Bertz CT molecular complexity index is 814. The number of amides is 1. The molecule has 1 aromatic carbocycles. The van der Waals surface area contributed by atoms with E-state index in [1.165, 1.54) is 24.3 Å². The van der Waals surface area contributed by atoms with Crippen LogP contribution in [0, 0.1) is 0 Å².